The van der Waals surface area contributed by atoms with E-state index in [1.165, 1.54) is 6.92 Å². The van der Waals surface area contributed by atoms with Crippen LogP contribution in [-0.4, -0.2) is 17.1 Å². The molecule has 0 saturated heterocycles. The van der Waals surface area contributed by atoms with Gasteiger partial charge in [-0.15, -0.1) is 0 Å². The minimum atomic E-state index is -0.840. The lowest BCUT2D eigenvalue weighted by molar-refractivity contribution is 0.255. The highest BCUT2D eigenvalue weighted by Gasteiger charge is 2.12. The zero-order valence-corrected chi connectivity index (χ0v) is 7.95. The molecule has 0 heterocycles. The summed E-state index contributed by atoms with van der Waals surface area (Å²) in [6.45, 7) is 1.47. The molecular weight excluding hydrogens is 206 g/mol. The first kappa shape index (κ1) is 11.2. The summed E-state index contributed by atoms with van der Waals surface area (Å²) in [5, 5.41) is 11.0. The lowest BCUT2D eigenvalue weighted by Gasteiger charge is -2.13. The van der Waals surface area contributed by atoms with Crippen LogP contribution in [0.3, 0.4) is 0 Å². The van der Waals surface area contributed by atoms with E-state index in [0.29, 0.717) is 6.07 Å². The van der Waals surface area contributed by atoms with Crippen LogP contribution in [0.4, 0.5) is 8.78 Å². The number of ether oxygens (including phenoxy) is 1. The van der Waals surface area contributed by atoms with E-state index < -0.39 is 17.7 Å². The number of hydrogen-bond donors (Lipinski definition) is 2. The third kappa shape index (κ3) is 2.80. The van der Waals surface area contributed by atoms with Gasteiger partial charge in [-0.3, -0.25) is 0 Å². The Morgan fingerprint density at radius 3 is 2.73 bits per heavy atom. The van der Waals surface area contributed by atoms with Crippen molar-refractivity contribution in [3.63, 3.8) is 0 Å². The smallest absolute Gasteiger partial charge is 0.180 e. The highest BCUT2D eigenvalue weighted by molar-refractivity contribution is 5.84. The van der Waals surface area contributed by atoms with E-state index in [4.69, 9.17) is 15.7 Å². The molecule has 0 aliphatic rings. The molecule has 4 nitrogen and oxygen atoms in total. The Balaban J connectivity index is 2.81. The zero-order chi connectivity index (χ0) is 11.4. The number of rotatable bonds is 3. The van der Waals surface area contributed by atoms with Gasteiger partial charge >= 0.3 is 0 Å². The molecule has 0 fully saturated rings. The molecule has 0 amide bonds. The van der Waals surface area contributed by atoms with Crippen LogP contribution in [0.5, 0.6) is 5.75 Å². The summed E-state index contributed by atoms with van der Waals surface area (Å²) >= 11 is 0. The van der Waals surface area contributed by atoms with Crippen LogP contribution in [0.25, 0.3) is 0 Å². The number of benzene rings is 1. The van der Waals surface area contributed by atoms with E-state index in [0.717, 1.165) is 12.1 Å². The van der Waals surface area contributed by atoms with Crippen LogP contribution in [0.2, 0.25) is 0 Å². The Bertz CT molecular complexity index is 382. The molecule has 0 aliphatic carbocycles. The summed E-state index contributed by atoms with van der Waals surface area (Å²) in [6.07, 6.45) is -0.796. The van der Waals surface area contributed by atoms with Gasteiger partial charge in [0.15, 0.2) is 23.5 Å². The minimum Gasteiger partial charge on any atom is -0.480 e. The van der Waals surface area contributed by atoms with Gasteiger partial charge in [0.25, 0.3) is 0 Å². The maximum absolute atomic E-state index is 13.1. The fourth-order valence-corrected chi connectivity index (χ4v) is 0.903. The van der Waals surface area contributed by atoms with Gasteiger partial charge in [0, 0.05) is 6.07 Å². The first-order valence-corrected chi connectivity index (χ1v) is 4.13. The summed E-state index contributed by atoms with van der Waals surface area (Å²) in [7, 11) is 0. The average molecular weight is 216 g/mol. The second-order valence-electron chi connectivity index (χ2n) is 2.86. The van der Waals surface area contributed by atoms with Gasteiger partial charge in [-0.05, 0) is 19.1 Å². The van der Waals surface area contributed by atoms with E-state index in [-0.39, 0.29) is 11.6 Å². The maximum Gasteiger partial charge on any atom is 0.180 e. The van der Waals surface area contributed by atoms with Crippen molar-refractivity contribution in [2.75, 3.05) is 0 Å². The third-order valence-corrected chi connectivity index (χ3v) is 1.73. The van der Waals surface area contributed by atoms with Crippen molar-refractivity contribution in [2.24, 2.45) is 10.9 Å². The number of nitrogens with zero attached hydrogens (tertiary/aromatic N) is 1. The Hall–Kier alpha value is -1.85. The topological polar surface area (TPSA) is 67.8 Å². The van der Waals surface area contributed by atoms with Crippen molar-refractivity contribution >= 4 is 5.84 Å². The maximum atomic E-state index is 13.1. The SMILES string of the molecule is CC(Oc1ccc(F)cc1F)C(N)=NO. The number of nitrogens with two attached hydrogens (primary N) is 1. The fraction of sp³-hybridized carbons (Fsp3) is 0.222. The van der Waals surface area contributed by atoms with E-state index in [9.17, 15) is 8.78 Å². The van der Waals surface area contributed by atoms with Gasteiger partial charge in [0.05, 0.1) is 0 Å². The normalized spacial score (nSPS) is 13.7. The highest BCUT2D eigenvalue weighted by atomic mass is 19.1. The molecule has 3 N–H and O–H groups in total. The van der Waals surface area contributed by atoms with E-state index in [2.05, 4.69) is 5.16 Å². The Morgan fingerprint density at radius 1 is 1.53 bits per heavy atom. The van der Waals surface area contributed by atoms with Crippen LogP contribution < -0.4 is 10.5 Å². The molecule has 0 spiro atoms. The lowest BCUT2D eigenvalue weighted by atomic mass is 10.3. The van der Waals surface area contributed by atoms with Crippen molar-refractivity contribution < 1.29 is 18.7 Å². The average Bonchev–Trinajstić information content (AvgIpc) is 2.20. The molecule has 1 unspecified atom stereocenters. The molecule has 0 radical (unpaired) electrons. The van der Waals surface area contributed by atoms with Crippen LogP contribution >= 0.6 is 0 Å². The summed E-state index contributed by atoms with van der Waals surface area (Å²) in [6, 6.07) is 2.87. The van der Waals surface area contributed by atoms with E-state index in [1.54, 1.807) is 0 Å². The minimum absolute atomic E-state index is 0.157. The standard InChI is InChI=1S/C9H10F2N2O2/c1-5(9(12)13-14)15-8-3-2-6(10)4-7(8)11/h2-5,14H,1H3,(H2,12,13). The second kappa shape index (κ2) is 4.59. The molecule has 6 heteroatoms. The van der Waals surface area contributed by atoms with Gasteiger partial charge in [0.1, 0.15) is 5.82 Å². The molecule has 0 bridgehead atoms. The van der Waals surface area contributed by atoms with Crippen molar-refractivity contribution in [1.82, 2.24) is 0 Å². The molecule has 1 aromatic carbocycles. The highest BCUT2D eigenvalue weighted by Crippen LogP contribution is 2.18. The first-order chi connectivity index (χ1) is 7.04. The fourth-order valence-electron chi connectivity index (χ4n) is 0.903. The van der Waals surface area contributed by atoms with Crippen LogP contribution in [0.15, 0.2) is 23.4 Å². The first-order valence-electron chi connectivity index (χ1n) is 4.13. The summed E-state index contributed by atoms with van der Waals surface area (Å²) in [4.78, 5) is 0. The monoisotopic (exact) mass is 216 g/mol. The third-order valence-electron chi connectivity index (χ3n) is 1.73. The Labute approximate surface area is 85.0 Å². The molecule has 1 aromatic rings. The summed E-state index contributed by atoms with van der Waals surface area (Å²) in [5.74, 6) is -1.89. The van der Waals surface area contributed by atoms with E-state index in [1.807, 2.05) is 0 Å². The van der Waals surface area contributed by atoms with Crippen LogP contribution in [0.1, 0.15) is 6.92 Å². The largest absolute Gasteiger partial charge is 0.480 e. The van der Waals surface area contributed by atoms with Crippen LogP contribution in [-0.2, 0) is 0 Å². The molecule has 0 aromatic heterocycles. The number of halogens is 2. The molecule has 1 atom stereocenters. The summed E-state index contributed by atoms with van der Waals surface area (Å²) < 4.78 is 30.6. The molecule has 1 rings (SSSR count). The molecule has 15 heavy (non-hydrogen) atoms. The van der Waals surface area contributed by atoms with Crippen LogP contribution in [0, 0.1) is 11.6 Å². The molecule has 82 valence electrons. The van der Waals surface area contributed by atoms with Crippen molar-refractivity contribution in [3.8, 4) is 5.75 Å². The van der Waals surface area contributed by atoms with Crippen molar-refractivity contribution in [3.05, 3.63) is 29.8 Å². The molecule has 0 aliphatic heterocycles. The number of amidine groups is 1. The Morgan fingerprint density at radius 2 is 2.20 bits per heavy atom. The molecular formula is C9H10F2N2O2. The van der Waals surface area contributed by atoms with Gasteiger partial charge in [-0.25, -0.2) is 8.78 Å². The second-order valence-corrected chi connectivity index (χ2v) is 2.86. The predicted molar refractivity (Wildman–Crippen MR) is 49.9 cm³/mol. The van der Waals surface area contributed by atoms with Gasteiger partial charge in [-0.1, -0.05) is 5.16 Å². The van der Waals surface area contributed by atoms with Crippen molar-refractivity contribution in [2.45, 2.75) is 13.0 Å². The number of hydrogen-bond acceptors (Lipinski definition) is 3. The Kier molecular flexibility index (Phi) is 3.43. The van der Waals surface area contributed by atoms with Gasteiger partial charge < -0.3 is 15.7 Å². The zero-order valence-electron chi connectivity index (χ0n) is 7.95. The summed E-state index contributed by atoms with van der Waals surface area (Å²) in [5.41, 5.74) is 5.22. The van der Waals surface area contributed by atoms with E-state index >= 15 is 0 Å². The van der Waals surface area contributed by atoms with Gasteiger partial charge in [0.2, 0.25) is 0 Å². The molecule has 0 saturated carbocycles. The number of oxime groups is 1. The van der Waals surface area contributed by atoms with Crippen molar-refractivity contribution in [1.29, 1.82) is 0 Å². The van der Waals surface area contributed by atoms with Gasteiger partial charge in [-0.2, -0.15) is 0 Å². The quantitative estimate of drug-likeness (QED) is 0.348. The lowest BCUT2D eigenvalue weighted by Crippen LogP contribution is -2.31. The predicted octanol–water partition coefficient (Wildman–Crippen LogP) is 1.48.